The van der Waals surface area contributed by atoms with Crippen LogP contribution in [0.25, 0.3) is 0 Å². The molecule has 3 rings (SSSR count). The van der Waals surface area contributed by atoms with E-state index in [1.807, 2.05) is 12.1 Å². The lowest BCUT2D eigenvalue weighted by Gasteiger charge is -2.33. The van der Waals surface area contributed by atoms with Crippen molar-refractivity contribution in [2.75, 3.05) is 13.1 Å². The van der Waals surface area contributed by atoms with Crippen molar-refractivity contribution < 1.29 is 13.5 Å². The van der Waals surface area contributed by atoms with E-state index in [1.165, 1.54) is 4.31 Å². The van der Waals surface area contributed by atoms with Gasteiger partial charge in [0, 0.05) is 25.2 Å². The molecule has 1 aromatic carbocycles. The van der Waals surface area contributed by atoms with Gasteiger partial charge in [-0.25, -0.2) is 8.42 Å². The molecule has 0 saturated carbocycles. The zero-order valence-corrected chi connectivity index (χ0v) is 16.8. The third-order valence-corrected chi connectivity index (χ3v) is 7.60. The summed E-state index contributed by atoms with van der Waals surface area (Å²) in [6.07, 6.45) is 0.613. The fraction of sp³-hybridized carbons (Fsp3) is 0.500. The van der Waals surface area contributed by atoms with Crippen LogP contribution in [0.4, 0.5) is 0 Å². The van der Waals surface area contributed by atoms with Crippen LogP contribution in [-0.2, 0) is 17.1 Å². The molecule has 0 spiro atoms. The number of aromatic nitrogens is 2. The molecule has 0 aliphatic carbocycles. The first-order chi connectivity index (χ1) is 12.2. The number of aryl methyl sites for hydroxylation is 2. The molecule has 1 N–H and O–H groups in total. The van der Waals surface area contributed by atoms with E-state index >= 15 is 0 Å². The topological polar surface area (TPSA) is 75.4 Å². The monoisotopic (exact) mass is 397 g/mol. The summed E-state index contributed by atoms with van der Waals surface area (Å²) in [5.74, 6) is 0.0266. The molecule has 8 heteroatoms. The Balaban J connectivity index is 1.72. The number of halogens is 1. The minimum Gasteiger partial charge on any atom is -0.388 e. The van der Waals surface area contributed by atoms with Gasteiger partial charge in [0.2, 0.25) is 10.0 Å². The van der Waals surface area contributed by atoms with E-state index < -0.39 is 16.1 Å². The average Bonchev–Trinajstić information content (AvgIpc) is 2.87. The highest BCUT2D eigenvalue weighted by Gasteiger charge is 2.35. The molecule has 6 nitrogen and oxygen atoms in total. The molecule has 142 valence electrons. The van der Waals surface area contributed by atoms with Crippen LogP contribution in [0, 0.1) is 19.8 Å². The molecule has 26 heavy (non-hydrogen) atoms. The summed E-state index contributed by atoms with van der Waals surface area (Å²) in [5.41, 5.74) is 1.98. The fourth-order valence-electron chi connectivity index (χ4n) is 3.62. The molecular weight excluding hydrogens is 374 g/mol. The van der Waals surface area contributed by atoms with E-state index in [9.17, 15) is 13.5 Å². The largest absolute Gasteiger partial charge is 0.388 e. The second-order valence-electron chi connectivity index (χ2n) is 6.86. The minimum absolute atomic E-state index is 0.0266. The summed E-state index contributed by atoms with van der Waals surface area (Å²) in [4.78, 5) is 0.302. The first-order valence-electron chi connectivity index (χ1n) is 8.65. The Kier molecular flexibility index (Phi) is 5.44. The molecule has 1 aromatic heterocycles. The van der Waals surface area contributed by atoms with E-state index in [-0.39, 0.29) is 5.92 Å². The van der Waals surface area contributed by atoms with Gasteiger partial charge in [-0.15, -0.1) is 0 Å². The highest BCUT2D eigenvalue weighted by Crippen LogP contribution is 2.34. The normalized spacial score (nSPS) is 18.2. The number of aliphatic hydroxyl groups is 1. The van der Waals surface area contributed by atoms with E-state index in [2.05, 4.69) is 5.10 Å². The number of aliphatic hydroxyl groups excluding tert-OH is 1. The summed E-state index contributed by atoms with van der Waals surface area (Å²) in [7, 11) is -1.82. The highest BCUT2D eigenvalue weighted by molar-refractivity contribution is 7.89. The van der Waals surface area contributed by atoms with Crippen molar-refractivity contribution in [1.82, 2.24) is 14.1 Å². The van der Waals surface area contributed by atoms with Gasteiger partial charge >= 0.3 is 0 Å². The molecule has 2 aromatic rings. The van der Waals surface area contributed by atoms with Crippen LogP contribution in [-0.4, -0.2) is 40.7 Å². The van der Waals surface area contributed by atoms with Crippen molar-refractivity contribution >= 4 is 21.6 Å². The zero-order valence-electron chi connectivity index (χ0n) is 15.2. The molecule has 1 aliphatic heterocycles. The molecule has 2 heterocycles. The van der Waals surface area contributed by atoms with Crippen LogP contribution < -0.4 is 0 Å². The highest BCUT2D eigenvalue weighted by atomic mass is 35.5. The van der Waals surface area contributed by atoms with Gasteiger partial charge in [-0.05, 0) is 50.3 Å². The molecule has 1 unspecified atom stereocenters. The lowest BCUT2D eigenvalue weighted by Crippen LogP contribution is -2.40. The Morgan fingerprint density at radius 1 is 1.19 bits per heavy atom. The smallest absolute Gasteiger partial charge is 0.246 e. The molecule has 1 aliphatic rings. The lowest BCUT2D eigenvalue weighted by molar-refractivity contribution is 0.0760. The predicted octanol–water partition coefficient (Wildman–Crippen LogP) is 2.82. The Labute approximate surface area is 159 Å². The molecule has 0 amide bonds. The molecule has 0 radical (unpaired) electrons. The van der Waals surface area contributed by atoms with E-state index in [4.69, 9.17) is 11.6 Å². The maximum absolute atomic E-state index is 13.0. The molecule has 0 bridgehead atoms. The van der Waals surface area contributed by atoms with Crippen LogP contribution in [0.3, 0.4) is 0 Å². The summed E-state index contributed by atoms with van der Waals surface area (Å²) in [5, 5.41) is 15.5. The van der Waals surface area contributed by atoms with Crippen LogP contribution in [0.1, 0.15) is 35.9 Å². The zero-order chi connectivity index (χ0) is 19.1. The van der Waals surface area contributed by atoms with E-state index in [1.54, 1.807) is 37.7 Å². The van der Waals surface area contributed by atoms with Gasteiger partial charge in [0.25, 0.3) is 0 Å². The fourth-order valence-corrected chi connectivity index (χ4v) is 5.62. The van der Waals surface area contributed by atoms with Crippen molar-refractivity contribution in [3.63, 3.8) is 0 Å². The second-order valence-corrected chi connectivity index (χ2v) is 9.17. The summed E-state index contributed by atoms with van der Waals surface area (Å²) in [6.45, 7) is 4.28. The Hall–Kier alpha value is -1.41. The van der Waals surface area contributed by atoms with Crippen molar-refractivity contribution in [3.8, 4) is 0 Å². The number of hydrogen-bond donors (Lipinski definition) is 1. The van der Waals surface area contributed by atoms with E-state index in [0.29, 0.717) is 47.2 Å². The van der Waals surface area contributed by atoms with Crippen molar-refractivity contribution in [3.05, 3.63) is 46.2 Å². The Morgan fingerprint density at radius 3 is 2.27 bits per heavy atom. The molecule has 1 atom stereocenters. The number of sulfonamides is 1. The molecular formula is C18H24ClN3O3S. The molecule has 1 fully saturated rings. The van der Waals surface area contributed by atoms with Crippen molar-refractivity contribution in [2.45, 2.75) is 37.7 Å². The van der Waals surface area contributed by atoms with Crippen LogP contribution in [0.2, 0.25) is 5.02 Å². The third kappa shape index (κ3) is 3.53. The quantitative estimate of drug-likeness (QED) is 0.860. The average molecular weight is 398 g/mol. The summed E-state index contributed by atoms with van der Waals surface area (Å²) < 4.78 is 29.1. The third-order valence-electron chi connectivity index (χ3n) is 5.20. The van der Waals surface area contributed by atoms with Crippen LogP contribution in [0.15, 0.2) is 29.2 Å². The number of hydrogen-bond acceptors (Lipinski definition) is 4. The lowest BCUT2D eigenvalue weighted by atomic mass is 9.88. The minimum atomic E-state index is -3.57. The molecule has 1 saturated heterocycles. The van der Waals surface area contributed by atoms with Gasteiger partial charge in [-0.2, -0.15) is 9.40 Å². The number of nitrogens with zero attached hydrogens (tertiary/aromatic N) is 3. The number of benzene rings is 1. The second kappa shape index (κ2) is 7.31. The van der Waals surface area contributed by atoms with Gasteiger partial charge < -0.3 is 5.11 Å². The predicted molar refractivity (Wildman–Crippen MR) is 101 cm³/mol. The Bertz CT molecular complexity index is 885. The van der Waals surface area contributed by atoms with Gasteiger partial charge in [-0.3, -0.25) is 4.68 Å². The standard InChI is InChI=1S/C18H24ClN3O3S/c1-12-18(13(2)21(3)20-12)26(24,25)22-10-8-15(9-11-22)17(23)14-4-6-16(19)7-5-14/h4-7,15,17,23H,8-11H2,1-3H3. The summed E-state index contributed by atoms with van der Waals surface area (Å²) >= 11 is 5.90. The van der Waals surface area contributed by atoms with Crippen LogP contribution >= 0.6 is 11.6 Å². The van der Waals surface area contributed by atoms with Crippen LogP contribution in [0.5, 0.6) is 0 Å². The maximum Gasteiger partial charge on any atom is 0.246 e. The van der Waals surface area contributed by atoms with Crippen molar-refractivity contribution in [1.29, 1.82) is 0 Å². The van der Waals surface area contributed by atoms with E-state index in [0.717, 1.165) is 5.56 Å². The van der Waals surface area contributed by atoms with Gasteiger partial charge in [0.1, 0.15) is 4.90 Å². The van der Waals surface area contributed by atoms with Gasteiger partial charge in [-0.1, -0.05) is 23.7 Å². The number of piperidine rings is 1. The van der Waals surface area contributed by atoms with Gasteiger partial charge in [0.05, 0.1) is 17.5 Å². The Morgan fingerprint density at radius 2 is 1.77 bits per heavy atom. The number of rotatable bonds is 4. The van der Waals surface area contributed by atoms with Crippen molar-refractivity contribution in [2.24, 2.45) is 13.0 Å². The summed E-state index contributed by atoms with van der Waals surface area (Å²) in [6, 6.07) is 7.15. The first kappa shape index (κ1) is 19.4. The SMILES string of the molecule is Cc1nn(C)c(C)c1S(=O)(=O)N1CCC(C(O)c2ccc(Cl)cc2)CC1. The maximum atomic E-state index is 13.0. The van der Waals surface area contributed by atoms with Gasteiger partial charge in [0.15, 0.2) is 0 Å². The first-order valence-corrected chi connectivity index (χ1v) is 10.5.